The molecule has 0 saturated carbocycles. The standard InChI is InChI=1S/C23H18ClNO5S/c1-2-30-23(29)20-17(14-8-10-16(24)11-9-14)13-31-21(20)25-18(22(27)28)12-19(26)15-6-4-3-5-7-15/h3-13,25H,2H2,1H3,(H,27,28). The molecule has 2 N–H and O–H groups in total. The summed E-state index contributed by atoms with van der Waals surface area (Å²) in [5.74, 6) is -2.41. The first-order valence-electron chi connectivity index (χ1n) is 9.26. The fourth-order valence-electron chi connectivity index (χ4n) is 2.79. The predicted molar refractivity (Wildman–Crippen MR) is 121 cm³/mol. The number of rotatable bonds is 8. The number of esters is 1. The highest BCUT2D eigenvalue weighted by Crippen LogP contribution is 2.37. The number of ketones is 1. The number of allylic oxidation sites excluding steroid dienone is 1. The average molecular weight is 456 g/mol. The SMILES string of the molecule is CCOC(=O)c1c(-c2ccc(Cl)cc2)csc1NC(=CC(=O)c1ccccc1)C(=O)O. The van der Waals surface area contributed by atoms with Crippen molar-refractivity contribution in [2.45, 2.75) is 6.92 Å². The topological polar surface area (TPSA) is 92.7 Å². The van der Waals surface area contributed by atoms with Gasteiger partial charge in [0.15, 0.2) is 5.78 Å². The fraction of sp³-hybridized carbons (Fsp3) is 0.0870. The third kappa shape index (κ3) is 5.39. The molecule has 0 aliphatic rings. The van der Waals surface area contributed by atoms with E-state index >= 15 is 0 Å². The molecule has 1 heterocycles. The number of nitrogens with one attached hydrogen (secondary N) is 1. The highest BCUT2D eigenvalue weighted by Gasteiger charge is 2.23. The van der Waals surface area contributed by atoms with Gasteiger partial charge in [-0.05, 0) is 24.6 Å². The smallest absolute Gasteiger partial charge is 0.352 e. The van der Waals surface area contributed by atoms with Crippen molar-refractivity contribution >= 4 is 45.7 Å². The number of carboxylic acid groups (broad SMARTS) is 1. The van der Waals surface area contributed by atoms with E-state index in [1.807, 2.05) is 0 Å². The van der Waals surface area contributed by atoms with E-state index in [1.165, 1.54) is 0 Å². The van der Waals surface area contributed by atoms with Gasteiger partial charge in [-0.15, -0.1) is 11.3 Å². The van der Waals surface area contributed by atoms with Crippen molar-refractivity contribution in [3.05, 3.63) is 87.9 Å². The molecule has 0 amide bonds. The Morgan fingerprint density at radius 2 is 1.77 bits per heavy atom. The Balaban J connectivity index is 2.01. The Kier molecular flexibility index (Phi) is 7.23. The van der Waals surface area contributed by atoms with E-state index in [1.54, 1.807) is 66.9 Å². The summed E-state index contributed by atoms with van der Waals surface area (Å²) in [6.07, 6.45) is 0.994. The van der Waals surface area contributed by atoms with Gasteiger partial charge in [-0.2, -0.15) is 0 Å². The predicted octanol–water partition coefficient (Wildman–Crippen LogP) is 5.51. The minimum absolute atomic E-state index is 0.155. The first-order chi connectivity index (χ1) is 14.9. The monoisotopic (exact) mass is 455 g/mol. The molecule has 0 radical (unpaired) electrons. The van der Waals surface area contributed by atoms with E-state index in [4.69, 9.17) is 16.3 Å². The summed E-state index contributed by atoms with van der Waals surface area (Å²) >= 11 is 7.09. The largest absolute Gasteiger partial charge is 0.477 e. The van der Waals surface area contributed by atoms with Gasteiger partial charge in [0, 0.05) is 27.6 Å². The lowest BCUT2D eigenvalue weighted by atomic mass is 10.0. The van der Waals surface area contributed by atoms with Gasteiger partial charge in [0.2, 0.25) is 0 Å². The lowest BCUT2D eigenvalue weighted by Crippen LogP contribution is -2.15. The molecule has 2 aromatic carbocycles. The van der Waals surface area contributed by atoms with Crippen LogP contribution in [0, 0.1) is 0 Å². The number of benzene rings is 2. The molecule has 0 aliphatic carbocycles. The van der Waals surface area contributed by atoms with Crippen LogP contribution in [0.1, 0.15) is 27.6 Å². The molecule has 31 heavy (non-hydrogen) atoms. The fourth-order valence-corrected chi connectivity index (χ4v) is 3.88. The van der Waals surface area contributed by atoms with Crippen LogP contribution in [0.15, 0.2) is 71.8 Å². The molecular weight excluding hydrogens is 438 g/mol. The zero-order valence-corrected chi connectivity index (χ0v) is 18.0. The molecule has 0 saturated heterocycles. The number of halogens is 1. The summed E-state index contributed by atoms with van der Waals surface area (Å²) in [6, 6.07) is 15.2. The number of ether oxygens (including phenoxy) is 1. The van der Waals surface area contributed by atoms with Crippen molar-refractivity contribution in [3.63, 3.8) is 0 Å². The van der Waals surface area contributed by atoms with Crippen LogP contribution >= 0.6 is 22.9 Å². The number of carboxylic acids is 1. The highest BCUT2D eigenvalue weighted by molar-refractivity contribution is 7.15. The Morgan fingerprint density at radius 3 is 2.39 bits per heavy atom. The quantitative estimate of drug-likeness (QED) is 0.264. The minimum Gasteiger partial charge on any atom is -0.477 e. The number of hydrogen-bond donors (Lipinski definition) is 2. The molecule has 6 nitrogen and oxygen atoms in total. The van der Waals surface area contributed by atoms with Crippen molar-refractivity contribution in [3.8, 4) is 11.1 Å². The Morgan fingerprint density at radius 1 is 1.10 bits per heavy atom. The number of carbonyl (C=O) groups excluding carboxylic acids is 2. The van der Waals surface area contributed by atoms with Gasteiger partial charge in [0.1, 0.15) is 16.3 Å². The van der Waals surface area contributed by atoms with Gasteiger partial charge in [-0.1, -0.05) is 54.1 Å². The van der Waals surface area contributed by atoms with Crippen LogP contribution in [0.3, 0.4) is 0 Å². The molecular formula is C23H18ClNO5S. The molecule has 158 valence electrons. The van der Waals surface area contributed by atoms with Crippen molar-refractivity contribution in [2.75, 3.05) is 11.9 Å². The van der Waals surface area contributed by atoms with E-state index in [-0.39, 0.29) is 22.9 Å². The van der Waals surface area contributed by atoms with Gasteiger partial charge in [0.25, 0.3) is 0 Å². The molecule has 8 heteroatoms. The summed E-state index contributed by atoms with van der Waals surface area (Å²) in [5.41, 5.74) is 1.47. The number of hydrogen-bond acceptors (Lipinski definition) is 6. The molecule has 0 unspecified atom stereocenters. The van der Waals surface area contributed by atoms with Gasteiger partial charge < -0.3 is 15.2 Å². The number of anilines is 1. The second kappa shape index (κ2) is 10.1. The second-order valence-corrected chi connectivity index (χ2v) is 7.62. The van der Waals surface area contributed by atoms with Crippen LogP contribution < -0.4 is 5.32 Å². The maximum atomic E-state index is 12.7. The lowest BCUT2D eigenvalue weighted by Gasteiger charge is -2.10. The highest BCUT2D eigenvalue weighted by atomic mass is 35.5. The van der Waals surface area contributed by atoms with Crippen LogP contribution in [0.5, 0.6) is 0 Å². The number of thiophene rings is 1. The molecule has 0 aliphatic heterocycles. The second-order valence-electron chi connectivity index (χ2n) is 6.30. The van der Waals surface area contributed by atoms with Gasteiger partial charge in [0.05, 0.1) is 6.61 Å². The summed E-state index contributed by atoms with van der Waals surface area (Å²) in [5, 5.41) is 14.9. The normalized spacial score (nSPS) is 11.1. The van der Waals surface area contributed by atoms with Crippen molar-refractivity contribution in [2.24, 2.45) is 0 Å². The third-order valence-corrected chi connectivity index (χ3v) is 5.39. The summed E-state index contributed by atoms with van der Waals surface area (Å²) in [7, 11) is 0. The van der Waals surface area contributed by atoms with Crippen molar-refractivity contribution in [1.82, 2.24) is 0 Å². The van der Waals surface area contributed by atoms with Crippen LogP contribution in [0.25, 0.3) is 11.1 Å². The molecule has 3 aromatic rings. The summed E-state index contributed by atoms with van der Waals surface area (Å²) in [4.78, 5) is 36.9. The molecule has 0 bridgehead atoms. The van der Waals surface area contributed by atoms with Gasteiger partial charge in [-0.3, -0.25) is 4.79 Å². The van der Waals surface area contributed by atoms with Crippen LogP contribution in [0.2, 0.25) is 5.02 Å². The van der Waals surface area contributed by atoms with E-state index < -0.39 is 17.7 Å². The Hall–Kier alpha value is -3.42. The van der Waals surface area contributed by atoms with E-state index in [0.29, 0.717) is 16.1 Å². The first kappa shape index (κ1) is 22.3. The van der Waals surface area contributed by atoms with Gasteiger partial charge >= 0.3 is 11.9 Å². The summed E-state index contributed by atoms with van der Waals surface area (Å²) < 4.78 is 5.17. The number of carbonyl (C=O) groups is 3. The zero-order valence-electron chi connectivity index (χ0n) is 16.4. The molecule has 1 aromatic heterocycles. The van der Waals surface area contributed by atoms with Crippen molar-refractivity contribution < 1.29 is 24.2 Å². The van der Waals surface area contributed by atoms with E-state index in [2.05, 4.69) is 5.32 Å². The zero-order chi connectivity index (χ0) is 22.4. The number of aliphatic carboxylic acids is 1. The van der Waals surface area contributed by atoms with Crippen LogP contribution in [-0.2, 0) is 9.53 Å². The maximum absolute atomic E-state index is 12.7. The first-order valence-corrected chi connectivity index (χ1v) is 10.5. The van der Waals surface area contributed by atoms with Crippen LogP contribution in [-0.4, -0.2) is 29.4 Å². The molecule has 0 atom stereocenters. The molecule has 3 rings (SSSR count). The molecule has 0 fully saturated rings. The Labute approximate surface area is 187 Å². The minimum atomic E-state index is -1.33. The summed E-state index contributed by atoms with van der Waals surface area (Å²) in [6.45, 7) is 1.84. The third-order valence-electron chi connectivity index (χ3n) is 4.24. The van der Waals surface area contributed by atoms with E-state index in [9.17, 15) is 19.5 Å². The lowest BCUT2D eigenvalue weighted by molar-refractivity contribution is -0.132. The van der Waals surface area contributed by atoms with Gasteiger partial charge in [-0.25, -0.2) is 9.59 Å². The molecule has 0 spiro atoms. The average Bonchev–Trinajstić information content (AvgIpc) is 3.18. The van der Waals surface area contributed by atoms with Crippen LogP contribution in [0.4, 0.5) is 5.00 Å². The maximum Gasteiger partial charge on any atom is 0.352 e. The Bertz CT molecular complexity index is 1140. The van der Waals surface area contributed by atoms with E-state index in [0.717, 1.165) is 23.0 Å². The van der Waals surface area contributed by atoms with Crippen molar-refractivity contribution in [1.29, 1.82) is 0 Å².